The summed E-state index contributed by atoms with van der Waals surface area (Å²) in [5, 5.41) is 6.01. The molecule has 5 nitrogen and oxygen atoms in total. The molecule has 0 saturated carbocycles. The zero-order valence-corrected chi connectivity index (χ0v) is 11.1. The van der Waals surface area contributed by atoms with E-state index in [1.807, 2.05) is 31.2 Å². The van der Waals surface area contributed by atoms with Gasteiger partial charge < -0.3 is 20.1 Å². The second kappa shape index (κ2) is 7.11. The van der Waals surface area contributed by atoms with Gasteiger partial charge >= 0.3 is 0 Å². The van der Waals surface area contributed by atoms with Gasteiger partial charge in [0.2, 0.25) is 0 Å². The van der Waals surface area contributed by atoms with E-state index in [1.54, 1.807) is 0 Å². The van der Waals surface area contributed by atoms with Crippen LogP contribution < -0.4 is 15.4 Å². The van der Waals surface area contributed by atoms with Gasteiger partial charge in [-0.25, -0.2) is 0 Å². The molecule has 1 aromatic carbocycles. The highest BCUT2D eigenvalue weighted by Crippen LogP contribution is 2.11. The summed E-state index contributed by atoms with van der Waals surface area (Å²) >= 11 is 0. The lowest BCUT2D eigenvalue weighted by molar-refractivity contribution is -0.134. The molecule has 104 valence electrons. The van der Waals surface area contributed by atoms with Gasteiger partial charge in [0.15, 0.2) is 0 Å². The molecule has 1 atom stereocenters. The molecule has 0 aromatic heterocycles. The van der Waals surface area contributed by atoms with Gasteiger partial charge in [0.1, 0.15) is 11.9 Å². The highest BCUT2D eigenvalue weighted by atomic mass is 16.5. The van der Waals surface area contributed by atoms with Crippen molar-refractivity contribution in [2.75, 3.05) is 26.3 Å². The molecule has 1 unspecified atom stereocenters. The quantitative estimate of drug-likeness (QED) is 0.821. The van der Waals surface area contributed by atoms with Crippen molar-refractivity contribution in [2.45, 2.75) is 19.6 Å². The summed E-state index contributed by atoms with van der Waals surface area (Å²) in [6, 6.07) is 7.71. The summed E-state index contributed by atoms with van der Waals surface area (Å²) in [6.45, 7) is 5.08. The molecule has 19 heavy (non-hydrogen) atoms. The molecule has 1 aromatic rings. The zero-order valence-electron chi connectivity index (χ0n) is 11.1. The summed E-state index contributed by atoms with van der Waals surface area (Å²) in [5.41, 5.74) is 1.04. The normalized spacial score (nSPS) is 18.9. The number of hydrogen-bond acceptors (Lipinski definition) is 4. The molecule has 1 amide bonds. The number of carbonyl (C=O) groups excluding carboxylic acids is 1. The van der Waals surface area contributed by atoms with Gasteiger partial charge in [-0.15, -0.1) is 0 Å². The van der Waals surface area contributed by atoms with E-state index in [4.69, 9.17) is 9.47 Å². The van der Waals surface area contributed by atoms with E-state index in [9.17, 15) is 4.79 Å². The van der Waals surface area contributed by atoms with Crippen molar-refractivity contribution in [3.63, 3.8) is 0 Å². The van der Waals surface area contributed by atoms with E-state index in [0.717, 1.165) is 17.9 Å². The fourth-order valence-corrected chi connectivity index (χ4v) is 1.91. The lowest BCUT2D eigenvalue weighted by Crippen LogP contribution is -2.47. The molecule has 1 fully saturated rings. The average molecular weight is 264 g/mol. The Kier molecular flexibility index (Phi) is 5.18. The third kappa shape index (κ3) is 4.22. The van der Waals surface area contributed by atoms with Crippen LogP contribution in [-0.2, 0) is 16.1 Å². The standard InChI is InChI=1S/C14H20N2O3/c1-2-18-12-5-3-11(4-6-12)9-16-14(17)13-10-15-7-8-19-13/h3-6,13,15H,2,7-10H2,1H3,(H,16,17). The molecule has 0 spiro atoms. The smallest absolute Gasteiger partial charge is 0.250 e. The van der Waals surface area contributed by atoms with E-state index < -0.39 is 0 Å². The molecule has 0 aliphatic carbocycles. The van der Waals surface area contributed by atoms with Gasteiger partial charge in [-0.2, -0.15) is 0 Å². The van der Waals surface area contributed by atoms with Crippen LogP contribution in [-0.4, -0.2) is 38.3 Å². The minimum absolute atomic E-state index is 0.0684. The fourth-order valence-electron chi connectivity index (χ4n) is 1.91. The summed E-state index contributed by atoms with van der Waals surface area (Å²) in [4.78, 5) is 11.8. The summed E-state index contributed by atoms with van der Waals surface area (Å²) in [5.74, 6) is 0.776. The number of benzene rings is 1. The fraction of sp³-hybridized carbons (Fsp3) is 0.500. The first-order valence-corrected chi connectivity index (χ1v) is 6.61. The first-order valence-electron chi connectivity index (χ1n) is 6.61. The minimum atomic E-state index is -0.378. The van der Waals surface area contributed by atoms with Gasteiger partial charge in [0, 0.05) is 19.6 Å². The molecule has 1 heterocycles. The minimum Gasteiger partial charge on any atom is -0.494 e. The largest absolute Gasteiger partial charge is 0.494 e. The predicted octanol–water partition coefficient (Wildman–Crippen LogP) is 0.690. The van der Waals surface area contributed by atoms with Crippen LogP contribution in [0.2, 0.25) is 0 Å². The van der Waals surface area contributed by atoms with Crippen LogP contribution in [0.4, 0.5) is 0 Å². The van der Waals surface area contributed by atoms with E-state index in [2.05, 4.69) is 10.6 Å². The maximum Gasteiger partial charge on any atom is 0.250 e. The highest BCUT2D eigenvalue weighted by Gasteiger charge is 2.20. The molecular formula is C14H20N2O3. The molecule has 2 N–H and O–H groups in total. The lowest BCUT2D eigenvalue weighted by atomic mass is 10.2. The molecule has 1 aliphatic heterocycles. The highest BCUT2D eigenvalue weighted by molar-refractivity contribution is 5.81. The Morgan fingerprint density at radius 1 is 1.47 bits per heavy atom. The molecule has 0 radical (unpaired) electrons. The van der Waals surface area contributed by atoms with Gasteiger partial charge in [-0.3, -0.25) is 4.79 Å². The van der Waals surface area contributed by atoms with E-state index in [1.165, 1.54) is 0 Å². The van der Waals surface area contributed by atoms with Crippen molar-refractivity contribution in [1.29, 1.82) is 0 Å². The molecular weight excluding hydrogens is 244 g/mol. The SMILES string of the molecule is CCOc1ccc(CNC(=O)C2CNCCO2)cc1. The number of nitrogens with one attached hydrogen (secondary N) is 2. The number of amides is 1. The molecule has 0 bridgehead atoms. The van der Waals surface area contributed by atoms with Crippen molar-refractivity contribution in [3.05, 3.63) is 29.8 Å². The molecule has 1 saturated heterocycles. The van der Waals surface area contributed by atoms with Crippen LogP contribution >= 0.6 is 0 Å². The van der Waals surface area contributed by atoms with Crippen molar-refractivity contribution in [1.82, 2.24) is 10.6 Å². The molecule has 1 aliphatic rings. The average Bonchev–Trinajstić information content (AvgIpc) is 2.47. The maximum absolute atomic E-state index is 11.8. The monoisotopic (exact) mass is 264 g/mol. The second-order valence-electron chi connectivity index (χ2n) is 4.36. The summed E-state index contributed by atoms with van der Waals surface area (Å²) in [7, 11) is 0. The van der Waals surface area contributed by atoms with E-state index in [-0.39, 0.29) is 12.0 Å². The Labute approximate surface area is 113 Å². The number of morpholine rings is 1. The predicted molar refractivity (Wildman–Crippen MR) is 72.1 cm³/mol. The van der Waals surface area contributed by atoms with Crippen LogP contribution in [0.3, 0.4) is 0 Å². The van der Waals surface area contributed by atoms with Crippen molar-refractivity contribution < 1.29 is 14.3 Å². The maximum atomic E-state index is 11.8. The molecule has 2 rings (SSSR count). The Morgan fingerprint density at radius 2 is 2.26 bits per heavy atom. The third-order valence-electron chi connectivity index (χ3n) is 2.92. The van der Waals surface area contributed by atoms with E-state index >= 15 is 0 Å². The van der Waals surface area contributed by atoms with Crippen LogP contribution in [0.5, 0.6) is 5.75 Å². The Bertz CT molecular complexity index is 400. The topological polar surface area (TPSA) is 59.6 Å². The van der Waals surface area contributed by atoms with Crippen LogP contribution in [0.25, 0.3) is 0 Å². The van der Waals surface area contributed by atoms with Crippen LogP contribution in [0.1, 0.15) is 12.5 Å². The number of carbonyl (C=O) groups is 1. The Hall–Kier alpha value is -1.59. The van der Waals surface area contributed by atoms with E-state index in [0.29, 0.717) is 26.3 Å². The van der Waals surface area contributed by atoms with Crippen molar-refractivity contribution in [3.8, 4) is 5.75 Å². The zero-order chi connectivity index (χ0) is 13.5. The second-order valence-corrected chi connectivity index (χ2v) is 4.36. The number of hydrogen-bond donors (Lipinski definition) is 2. The first-order chi connectivity index (χ1) is 9.29. The lowest BCUT2D eigenvalue weighted by Gasteiger charge is -2.22. The van der Waals surface area contributed by atoms with Crippen molar-refractivity contribution in [2.24, 2.45) is 0 Å². The van der Waals surface area contributed by atoms with Crippen LogP contribution in [0.15, 0.2) is 24.3 Å². The Morgan fingerprint density at radius 3 is 2.89 bits per heavy atom. The number of ether oxygens (including phenoxy) is 2. The Balaban J connectivity index is 1.79. The van der Waals surface area contributed by atoms with Crippen molar-refractivity contribution >= 4 is 5.91 Å². The summed E-state index contributed by atoms with van der Waals surface area (Å²) < 4.78 is 10.8. The summed E-state index contributed by atoms with van der Waals surface area (Å²) in [6.07, 6.45) is -0.378. The van der Waals surface area contributed by atoms with Gasteiger partial charge in [0.25, 0.3) is 5.91 Å². The van der Waals surface area contributed by atoms with Gasteiger partial charge in [0.05, 0.1) is 13.2 Å². The number of rotatable bonds is 5. The molecule has 5 heteroatoms. The van der Waals surface area contributed by atoms with Gasteiger partial charge in [-0.05, 0) is 24.6 Å². The van der Waals surface area contributed by atoms with Crippen LogP contribution in [0, 0.1) is 0 Å². The van der Waals surface area contributed by atoms with Gasteiger partial charge in [-0.1, -0.05) is 12.1 Å². The first kappa shape index (κ1) is 13.8. The third-order valence-corrected chi connectivity index (χ3v) is 2.92.